The lowest BCUT2D eigenvalue weighted by atomic mass is 10.2. The van der Waals surface area contributed by atoms with E-state index in [1.807, 2.05) is 0 Å². The van der Waals surface area contributed by atoms with Gasteiger partial charge in [0.05, 0.1) is 12.0 Å². The molecule has 174 valence electrons. The van der Waals surface area contributed by atoms with Crippen molar-refractivity contribution in [2.75, 3.05) is 18.4 Å². The third-order valence-corrected chi connectivity index (χ3v) is 6.17. The first-order valence-electron chi connectivity index (χ1n) is 10.6. The van der Waals surface area contributed by atoms with Gasteiger partial charge in [-0.2, -0.15) is 0 Å². The van der Waals surface area contributed by atoms with Crippen molar-refractivity contribution >= 4 is 21.6 Å². The van der Waals surface area contributed by atoms with E-state index in [1.54, 1.807) is 54.7 Å². The van der Waals surface area contributed by atoms with E-state index in [9.17, 15) is 13.2 Å². The van der Waals surface area contributed by atoms with E-state index in [0.29, 0.717) is 29.3 Å². The predicted octanol–water partition coefficient (Wildman–Crippen LogP) is 4.60. The minimum atomic E-state index is -3.75. The van der Waals surface area contributed by atoms with Gasteiger partial charge in [0, 0.05) is 18.4 Å². The number of ether oxygens (including phenoxy) is 2. The Bertz CT molecular complexity index is 1160. The van der Waals surface area contributed by atoms with Crippen molar-refractivity contribution in [2.45, 2.75) is 31.1 Å². The number of nitrogens with one attached hydrogen (secondary N) is 2. The van der Waals surface area contributed by atoms with Gasteiger partial charge >= 0.3 is 0 Å². The second-order valence-corrected chi connectivity index (χ2v) is 8.91. The number of rotatable bonds is 11. The van der Waals surface area contributed by atoms with E-state index in [1.165, 1.54) is 19.2 Å². The second kappa shape index (κ2) is 11.3. The third-order valence-electron chi connectivity index (χ3n) is 4.77. The van der Waals surface area contributed by atoms with E-state index < -0.39 is 10.0 Å². The number of aromatic nitrogens is 1. The molecule has 0 bridgehead atoms. The molecule has 3 aromatic rings. The van der Waals surface area contributed by atoms with E-state index in [4.69, 9.17) is 9.47 Å². The predicted molar refractivity (Wildman–Crippen MR) is 126 cm³/mol. The molecule has 33 heavy (non-hydrogen) atoms. The molecule has 0 radical (unpaired) electrons. The monoisotopic (exact) mass is 469 g/mol. The highest BCUT2D eigenvalue weighted by Crippen LogP contribution is 2.26. The topological polar surface area (TPSA) is 107 Å². The van der Waals surface area contributed by atoms with Crippen LogP contribution in [0.15, 0.2) is 71.8 Å². The fourth-order valence-electron chi connectivity index (χ4n) is 2.99. The molecule has 0 unspecified atom stereocenters. The van der Waals surface area contributed by atoms with E-state index in [-0.39, 0.29) is 16.7 Å². The van der Waals surface area contributed by atoms with Crippen molar-refractivity contribution in [3.63, 3.8) is 0 Å². The maximum Gasteiger partial charge on any atom is 0.261 e. The molecular weight excluding hydrogens is 442 g/mol. The fourth-order valence-corrected chi connectivity index (χ4v) is 4.05. The molecule has 0 aliphatic carbocycles. The van der Waals surface area contributed by atoms with Gasteiger partial charge in [-0.15, -0.1) is 0 Å². The van der Waals surface area contributed by atoms with Crippen LogP contribution in [0.5, 0.6) is 17.4 Å². The quantitative estimate of drug-likeness (QED) is 0.398. The number of hydrogen-bond acceptors (Lipinski definition) is 6. The van der Waals surface area contributed by atoms with Crippen LogP contribution in [0.4, 0.5) is 5.69 Å². The highest BCUT2D eigenvalue weighted by Gasteiger charge is 2.16. The Morgan fingerprint density at radius 2 is 1.67 bits per heavy atom. The summed E-state index contributed by atoms with van der Waals surface area (Å²) in [6.07, 6.45) is 4.57. The number of sulfonamides is 1. The third kappa shape index (κ3) is 6.69. The van der Waals surface area contributed by atoms with Crippen LogP contribution in [-0.4, -0.2) is 33.0 Å². The van der Waals surface area contributed by atoms with Crippen LogP contribution in [0.2, 0.25) is 0 Å². The van der Waals surface area contributed by atoms with Crippen molar-refractivity contribution in [1.82, 2.24) is 10.3 Å². The fraction of sp³-hybridized carbons (Fsp3) is 0.250. The summed E-state index contributed by atoms with van der Waals surface area (Å²) < 4.78 is 38.5. The van der Waals surface area contributed by atoms with Crippen molar-refractivity contribution in [3.05, 3.63) is 72.4 Å². The lowest BCUT2D eigenvalue weighted by molar-refractivity contribution is 0.0950. The van der Waals surface area contributed by atoms with Gasteiger partial charge in [-0.05, 0) is 67.1 Å². The van der Waals surface area contributed by atoms with Crippen molar-refractivity contribution < 1.29 is 22.7 Å². The average Bonchev–Trinajstić information content (AvgIpc) is 2.83. The Morgan fingerprint density at radius 1 is 0.970 bits per heavy atom. The molecule has 0 spiro atoms. The van der Waals surface area contributed by atoms with E-state index >= 15 is 0 Å². The number of unbranched alkanes of at least 4 members (excludes halogenated alkanes) is 2. The Hall–Kier alpha value is -3.59. The Morgan fingerprint density at radius 3 is 2.33 bits per heavy atom. The summed E-state index contributed by atoms with van der Waals surface area (Å²) in [5, 5.41) is 2.87. The Labute approximate surface area is 194 Å². The summed E-state index contributed by atoms with van der Waals surface area (Å²) in [4.78, 5) is 16.8. The smallest absolute Gasteiger partial charge is 0.261 e. The lowest BCUT2D eigenvalue weighted by Crippen LogP contribution is -2.25. The van der Waals surface area contributed by atoms with Crippen LogP contribution in [0.25, 0.3) is 0 Å². The van der Waals surface area contributed by atoms with Crippen LogP contribution < -0.4 is 19.5 Å². The molecule has 1 heterocycles. The largest absolute Gasteiger partial charge is 0.497 e. The summed E-state index contributed by atoms with van der Waals surface area (Å²) >= 11 is 0. The van der Waals surface area contributed by atoms with Crippen LogP contribution in [0.1, 0.15) is 36.5 Å². The second-order valence-electron chi connectivity index (χ2n) is 7.23. The molecule has 0 aliphatic rings. The van der Waals surface area contributed by atoms with Crippen LogP contribution >= 0.6 is 0 Å². The molecule has 8 nitrogen and oxygen atoms in total. The average molecular weight is 470 g/mol. The normalized spacial score (nSPS) is 11.0. The molecule has 2 N–H and O–H groups in total. The van der Waals surface area contributed by atoms with Crippen LogP contribution in [-0.2, 0) is 10.0 Å². The lowest BCUT2D eigenvalue weighted by Gasteiger charge is -2.12. The van der Waals surface area contributed by atoms with Gasteiger partial charge in [-0.25, -0.2) is 13.4 Å². The molecule has 0 atom stereocenters. The molecule has 1 aromatic heterocycles. The number of amides is 1. The summed E-state index contributed by atoms with van der Waals surface area (Å²) in [6, 6.07) is 15.8. The minimum Gasteiger partial charge on any atom is -0.497 e. The molecular formula is C24H27N3O5S. The number of carbonyl (C=O) groups excluding carboxylic acids is 1. The first-order chi connectivity index (χ1) is 15.9. The van der Waals surface area contributed by atoms with Crippen LogP contribution in [0, 0.1) is 0 Å². The molecule has 9 heteroatoms. The van der Waals surface area contributed by atoms with Gasteiger partial charge in [0.25, 0.3) is 15.9 Å². The number of methoxy groups -OCH3 is 1. The molecule has 3 rings (SSSR count). The van der Waals surface area contributed by atoms with E-state index in [0.717, 1.165) is 19.3 Å². The highest BCUT2D eigenvalue weighted by molar-refractivity contribution is 7.92. The van der Waals surface area contributed by atoms with Crippen molar-refractivity contribution in [3.8, 4) is 17.4 Å². The Balaban J connectivity index is 1.67. The number of nitrogens with zero attached hydrogens (tertiary/aromatic N) is 1. The first-order valence-corrected chi connectivity index (χ1v) is 12.1. The zero-order valence-electron chi connectivity index (χ0n) is 18.6. The zero-order chi connectivity index (χ0) is 23.7. The number of carbonyl (C=O) groups is 1. The SMILES string of the molecule is CCCCCNC(=O)c1cccnc1Oc1ccc(NS(=O)(=O)c2ccc(OC)cc2)cc1. The maximum absolute atomic E-state index is 12.6. The van der Waals surface area contributed by atoms with Gasteiger partial charge in [0.2, 0.25) is 5.88 Å². The molecule has 0 saturated heterocycles. The summed E-state index contributed by atoms with van der Waals surface area (Å²) in [7, 11) is -2.24. The first kappa shape index (κ1) is 24.1. The van der Waals surface area contributed by atoms with Crippen molar-refractivity contribution in [2.24, 2.45) is 0 Å². The molecule has 0 saturated carbocycles. The summed E-state index contributed by atoms with van der Waals surface area (Å²) in [6.45, 7) is 2.69. The number of anilines is 1. The van der Waals surface area contributed by atoms with Gasteiger partial charge < -0.3 is 14.8 Å². The summed E-state index contributed by atoms with van der Waals surface area (Å²) in [5.41, 5.74) is 0.700. The number of hydrogen-bond donors (Lipinski definition) is 2. The molecule has 0 aliphatic heterocycles. The summed E-state index contributed by atoms with van der Waals surface area (Å²) in [5.74, 6) is 0.912. The molecule has 0 fully saturated rings. The van der Waals surface area contributed by atoms with Crippen molar-refractivity contribution in [1.29, 1.82) is 0 Å². The van der Waals surface area contributed by atoms with Gasteiger partial charge in [-0.3, -0.25) is 9.52 Å². The Kier molecular flexibility index (Phi) is 8.26. The van der Waals surface area contributed by atoms with Gasteiger partial charge in [-0.1, -0.05) is 19.8 Å². The molecule has 2 aromatic carbocycles. The van der Waals surface area contributed by atoms with Crippen LogP contribution in [0.3, 0.4) is 0 Å². The standard InChI is InChI=1S/C24H27N3O5S/c1-3-4-5-16-25-23(28)22-7-6-17-26-24(22)32-20-10-8-18(9-11-20)27-33(29,30)21-14-12-19(31-2)13-15-21/h6-15,17,27H,3-5,16H2,1-2H3,(H,25,28). The molecule has 1 amide bonds. The number of benzene rings is 2. The number of pyridine rings is 1. The van der Waals surface area contributed by atoms with Gasteiger partial charge in [0.1, 0.15) is 17.1 Å². The zero-order valence-corrected chi connectivity index (χ0v) is 19.4. The minimum absolute atomic E-state index is 0.117. The van der Waals surface area contributed by atoms with E-state index in [2.05, 4.69) is 21.9 Å². The highest BCUT2D eigenvalue weighted by atomic mass is 32.2. The van der Waals surface area contributed by atoms with Gasteiger partial charge in [0.15, 0.2) is 0 Å². The maximum atomic E-state index is 12.6.